The van der Waals surface area contributed by atoms with Gasteiger partial charge in [0.15, 0.2) is 0 Å². The van der Waals surface area contributed by atoms with Crippen LogP contribution in [0.1, 0.15) is 36.1 Å². The molecule has 21 heavy (non-hydrogen) atoms. The van der Waals surface area contributed by atoms with E-state index in [9.17, 15) is 0 Å². The van der Waals surface area contributed by atoms with Gasteiger partial charge in [-0.25, -0.2) is 0 Å². The third-order valence-electron chi connectivity index (χ3n) is 3.51. The van der Waals surface area contributed by atoms with Crippen LogP contribution in [-0.4, -0.2) is 11.5 Å². The van der Waals surface area contributed by atoms with Gasteiger partial charge < -0.3 is 5.32 Å². The number of halogens is 2. The molecule has 0 saturated carbocycles. The second kappa shape index (κ2) is 7.79. The van der Waals surface area contributed by atoms with Gasteiger partial charge in [0.25, 0.3) is 0 Å². The fourth-order valence-corrected chi connectivity index (χ4v) is 2.79. The molecule has 112 valence electrons. The molecule has 1 unspecified atom stereocenters. The van der Waals surface area contributed by atoms with Gasteiger partial charge in [0.2, 0.25) is 0 Å². The molecule has 1 aromatic carbocycles. The summed E-state index contributed by atoms with van der Waals surface area (Å²) in [7, 11) is 0. The Hall–Kier alpha value is -1.09. The first-order valence-electron chi connectivity index (χ1n) is 7.19. The number of hydrogen-bond acceptors (Lipinski definition) is 2. The van der Waals surface area contributed by atoms with E-state index in [4.69, 9.17) is 23.2 Å². The van der Waals surface area contributed by atoms with Gasteiger partial charge in [0, 0.05) is 28.5 Å². The van der Waals surface area contributed by atoms with Crippen LogP contribution in [0.25, 0.3) is 0 Å². The van der Waals surface area contributed by atoms with Gasteiger partial charge in [-0.15, -0.1) is 0 Å². The predicted octanol–water partition coefficient (Wildman–Crippen LogP) is 4.98. The van der Waals surface area contributed by atoms with Crippen LogP contribution in [0.4, 0.5) is 0 Å². The summed E-state index contributed by atoms with van der Waals surface area (Å²) in [6.07, 6.45) is 5.63. The van der Waals surface area contributed by atoms with Gasteiger partial charge >= 0.3 is 0 Å². The molecule has 0 radical (unpaired) electrons. The summed E-state index contributed by atoms with van der Waals surface area (Å²) in [5, 5.41) is 5.07. The molecule has 1 N–H and O–H groups in total. The van der Waals surface area contributed by atoms with Crippen molar-refractivity contribution in [1.29, 1.82) is 0 Å². The summed E-state index contributed by atoms with van der Waals surface area (Å²) < 4.78 is 0. The van der Waals surface area contributed by atoms with E-state index in [1.165, 1.54) is 11.1 Å². The summed E-state index contributed by atoms with van der Waals surface area (Å²) in [6, 6.07) is 7.90. The van der Waals surface area contributed by atoms with E-state index in [2.05, 4.69) is 30.2 Å². The number of pyridine rings is 1. The van der Waals surface area contributed by atoms with Gasteiger partial charge in [-0.05, 0) is 67.3 Å². The molecule has 0 aliphatic carbocycles. The van der Waals surface area contributed by atoms with Crippen molar-refractivity contribution >= 4 is 23.2 Å². The second-order valence-corrected chi connectivity index (χ2v) is 6.02. The predicted molar refractivity (Wildman–Crippen MR) is 90.2 cm³/mol. The molecule has 1 heterocycles. The third kappa shape index (κ3) is 4.44. The average Bonchev–Trinajstić information content (AvgIpc) is 2.48. The van der Waals surface area contributed by atoms with Gasteiger partial charge in [-0.3, -0.25) is 4.98 Å². The molecule has 0 aliphatic rings. The first-order chi connectivity index (χ1) is 10.1. The van der Waals surface area contributed by atoms with Crippen LogP contribution < -0.4 is 5.32 Å². The number of nitrogens with zero attached hydrogens (tertiary/aromatic N) is 1. The van der Waals surface area contributed by atoms with Crippen molar-refractivity contribution < 1.29 is 0 Å². The van der Waals surface area contributed by atoms with Gasteiger partial charge in [0.1, 0.15) is 0 Å². The summed E-state index contributed by atoms with van der Waals surface area (Å²) in [4.78, 5) is 4.17. The van der Waals surface area contributed by atoms with Crippen LogP contribution in [0.2, 0.25) is 10.0 Å². The zero-order chi connectivity index (χ0) is 15.2. The Morgan fingerprint density at radius 1 is 1.24 bits per heavy atom. The van der Waals surface area contributed by atoms with E-state index in [-0.39, 0.29) is 6.04 Å². The van der Waals surface area contributed by atoms with Crippen molar-refractivity contribution in [2.24, 2.45) is 0 Å². The molecule has 4 heteroatoms. The van der Waals surface area contributed by atoms with Crippen molar-refractivity contribution in [3.8, 4) is 0 Å². The Balaban J connectivity index is 2.28. The van der Waals surface area contributed by atoms with E-state index in [0.717, 1.165) is 35.0 Å². The maximum atomic E-state index is 6.30. The minimum Gasteiger partial charge on any atom is -0.310 e. The average molecular weight is 323 g/mol. The summed E-state index contributed by atoms with van der Waals surface area (Å²) in [6.45, 7) is 5.21. The number of rotatable bonds is 6. The lowest BCUT2D eigenvalue weighted by Crippen LogP contribution is -2.25. The Morgan fingerprint density at radius 2 is 2.05 bits per heavy atom. The fraction of sp³-hybridized carbons (Fsp3) is 0.353. The molecule has 2 rings (SSSR count). The van der Waals surface area contributed by atoms with E-state index in [1.807, 2.05) is 30.6 Å². The van der Waals surface area contributed by atoms with E-state index in [1.54, 1.807) is 0 Å². The van der Waals surface area contributed by atoms with Crippen molar-refractivity contribution in [1.82, 2.24) is 10.3 Å². The van der Waals surface area contributed by atoms with Crippen molar-refractivity contribution in [2.75, 3.05) is 6.54 Å². The monoisotopic (exact) mass is 322 g/mol. The van der Waals surface area contributed by atoms with Crippen LogP contribution in [0, 0.1) is 6.92 Å². The number of aromatic nitrogens is 1. The Kier molecular flexibility index (Phi) is 6.04. The molecule has 1 aromatic heterocycles. The topological polar surface area (TPSA) is 24.9 Å². The first kappa shape index (κ1) is 16.3. The van der Waals surface area contributed by atoms with Gasteiger partial charge in [-0.1, -0.05) is 30.1 Å². The van der Waals surface area contributed by atoms with Crippen molar-refractivity contribution in [3.05, 3.63) is 63.4 Å². The maximum absolute atomic E-state index is 6.30. The van der Waals surface area contributed by atoms with E-state index >= 15 is 0 Å². The molecule has 0 bridgehead atoms. The molecule has 2 nitrogen and oxygen atoms in total. The van der Waals surface area contributed by atoms with Gasteiger partial charge in [-0.2, -0.15) is 0 Å². The molecule has 0 fully saturated rings. The molecular weight excluding hydrogens is 303 g/mol. The van der Waals surface area contributed by atoms with Crippen molar-refractivity contribution in [2.45, 2.75) is 32.7 Å². The molecule has 1 atom stereocenters. The lowest BCUT2D eigenvalue weighted by Gasteiger charge is -2.21. The highest BCUT2D eigenvalue weighted by atomic mass is 35.5. The third-order valence-corrected chi connectivity index (χ3v) is 4.12. The Morgan fingerprint density at radius 3 is 2.76 bits per heavy atom. The maximum Gasteiger partial charge on any atom is 0.0439 e. The molecule has 2 aromatic rings. The van der Waals surface area contributed by atoms with Gasteiger partial charge in [0.05, 0.1) is 0 Å². The van der Waals surface area contributed by atoms with Crippen LogP contribution in [0.3, 0.4) is 0 Å². The SMILES string of the molecule is CCCNC(Cc1cc(Cl)ccc1Cl)c1ccncc1C. The van der Waals surface area contributed by atoms with E-state index < -0.39 is 0 Å². The molecule has 0 amide bonds. The first-order valence-corrected chi connectivity index (χ1v) is 7.95. The lowest BCUT2D eigenvalue weighted by molar-refractivity contribution is 0.526. The molecule has 0 spiro atoms. The number of benzene rings is 1. The number of aryl methyl sites for hydroxylation is 1. The zero-order valence-corrected chi connectivity index (χ0v) is 13.9. The van der Waals surface area contributed by atoms with Crippen molar-refractivity contribution in [3.63, 3.8) is 0 Å². The van der Waals surface area contributed by atoms with Crippen LogP contribution >= 0.6 is 23.2 Å². The highest BCUT2D eigenvalue weighted by Crippen LogP contribution is 2.27. The standard InChI is InChI=1S/C17H20Cl2N2/c1-3-7-21-17(15-6-8-20-11-12(15)2)10-13-9-14(18)4-5-16(13)19/h4-6,8-9,11,17,21H,3,7,10H2,1-2H3. The summed E-state index contributed by atoms with van der Waals surface area (Å²) in [5.74, 6) is 0. The Labute approximate surface area is 136 Å². The smallest absolute Gasteiger partial charge is 0.0439 e. The molecular formula is C17H20Cl2N2. The fourth-order valence-electron chi connectivity index (χ4n) is 2.41. The molecule has 0 aliphatic heterocycles. The normalized spacial score (nSPS) is 12.4. The number of nitrogens with one attached hydrogen (secondary N) is 1. The van der Waals surface area contributed by atoms with Crippen LogP contribution in [-0.2, 0) is 6.42 Å². The van der Waals surface area contributed by atoms with Crippen LogP contribution in [0.15, 0.2) is 36.7 Å². The van der Waals surface area contributed by atoms with Crippen LogP contribution in [0.5, 0.6) is 0 Å². The lowest BCUT2D eigenvalue weighted by atomic mass is 9.96. The highest BCUT2D eigenvalue weighted by Gasteiger charge is 2.15. The quantitative estimate of drug-likeness (QED) is 0.811. The number of hydrogen-bond donors (Lipinski definition) is 1. The minimum atomic E-state index is 0.212. The summed E-state index contributed by atoms with van der Waals surface area (Å²) in [5.41, 5.74) is 3.51. The minimum absolute atomic E-state index is 0.212. The molecule has 0 saturated heterocycles. The highest BCUT2D eigenvalue weighted by molar-refractivity contribution is 6.33. The Bertz CT molecular complexity index is 599. The second-order valence-electron chi connectivity index (χ2n) is 5.18. The largest absolute Gasteiger partial charge is 0.310 e. The van der Waals surface area contributed by atoms with E-state index in [0.29, 0.717) is 0 Å². The zero-order valence-electron chi connectivity index (χ0n) is 12.4. The summed E-state index contributed by atoms with van der Waals surface area (Å²) >= 11 is 12.4.